The van der Waals surface area contributed by atoms with Crippen molar-refractivity contribution in [1.29, 1.82) is 0 Å². The van der Waals surface area contributed by atoms with Gasteiger partial charge in [0.2, 0.25) is 0 Å². The van der Waals surface area contributed by atoms with Crippen LogP contribution in [0, 0.1) is 60.3 Å². The van der Waals surface area contributed by atoms with Crippen molar-refractivity contribution < 1.29 is 21.1 Å². The molecule has 1 aliphatic rings. The Morgan fingerprint density at radius 1 is 0.500 bits per heavy atom. The third kappa shape index (κ3) is 5.59. The van der Waals surface area contributed by atoms with Gasteiger partial charge in [-0.2, -0.15) is 6.07 Å². The van der Waals surface area contributed by atoms with E-state index in [0.29, 0.717) is 0 Å². The number of hydrogen-bond acceptors (Lipinski definition) is 3. The van der Waals surface area contributed by atoms with Gasteiger partial charge in [-0.3, -0.25) is 4.98 Å². The SMILES string of the molecule is Cc1cc(C)c(N2[CH-]N(c3[c-]c(-n4c5[c-]c(-c6nc7ccccc7n6-c6c(C)cc(C)cc6C)ccc5c5ccccc54)ccc3)c3ccccc32)c(C)c1.[Pt]. The maximum atomic E-state index is 5.26. The molecule has 9 aromatic rings. The maximum absolute atomic E-state index is 5.26. The summed E-state index contributed by atoms with van der Waals surface area (Å²) in [4.78, 5) is 9.85. The van der Waals surface area contributed by atoms with Gasteiger partial charge in [0.25, 0.3) is 0 Å². The van der Waals surface area contributed by atoms with E-state index in [9.17, 15) is 0 Å². The summed E-state index contributed by atoms with van der Waals surface area (Å²) < 4.78 is 4.63. The Kier molecular flexibility index (Phi) is 8.74. The summed E-state index contributed by atoms with van der Waals surface area (Å²) in [5, 5.41) is 2.31. The van der Waals surface area contributed by atoms with Crippen LogP contribution in [0.2, 0.25) is 0 Å². The molecule has 0 amide bonds. The van der Waals surface area contributed by atoms with Crippen LogP contribution in [-0.2, 0) is 21.1 Å². The van der Waals surface area contributed by atoms with E-state index in [2.05, 4.69) is 207 Å². The van der Waals surface area contributed by atoms with Crippen LogP contribution in [0.4, 0.5) is 22.7 Å². The Morgan fingerprint density at radius 3 is 1.80 bits per heavy atom. The standard InChI is InChI=1S/C50H40N5.Pt/c1-31-24-33(3)48(34(4)25-31)53-30-52(45-20-11-12-21-46(45)53)38-14-13-15-39(29-38)54-43-18-9-7-16-40(43)41-23-22-37(28-47(41)54)50-51-42-17-8-10-19-44(42)55(50)49-35(5)26-32(2)27-36(49)6;/h7-27,30H,1-6H3;/q-3;. The van der Waals surface area contributed by atoms with E-state index < -0.39 is 0 Å². The first-order chi connectivity index (χ1) is 26.7. The first-order valence-corrected chi connectivity index (χ1v) is 18.9. The molecule has 7 aromatic carbocycles. The Bertz CT molecular complexity index is 2960. The summed E-state index contributed by atoms with van der Waals surface area (Å²) in [6.45, 7) is 15.3. The molecule has 0 saturated carbocycles. The smallest absolute Gasteiger partial charge is 0.0774 e. The largest absolute Gasteiger partial charge is 0.493 e. The predicted molar refractivity (Wildman–Crippen MR) is 228 cm³/mol. The quantitative estimate of drug-likeness (QED) is 0.161. The Balaban J connectivity index is 0.00000410. The zero-order valence-corrected chi connectivity index (χ0v) is 34.5. The van der Waals surface area contributed by atoms with Gasteiger partial charge >= 0.3 is 0 Å². The fourth-order valence-corrected chi connectivity index (χ4v) is 8.98. The van der Waals surface area contributed by atoms with Gasteiger partial charge in [-0.25, -0.2) is 0 Å². The Labute approximate surface area is 342 Å². The van der Waals surface area contributed by atoms with Gasteiger partial charge in [0.15, 0.2) is 0 Å². The van der Waals surface area contributed by atoms with E-state index in [1.807, 2.05) is 0 Å². The summed E-state index contributed by atoms with van der Waals surface area (Å²) in [5.74, 6) is 0.873. The van der Waals surface area contributed by atoms with Gasteiger partial charge in [-0.15, -0.1) is 54.3 Å². The minimum Gasteiger partial charge on any atom is -0.493 e. The second-order valence-corrected chi connectivity index (χ2v) is 15.0. The van der Waals surface area contributed by atoms with Crippen LogP contribution in [0.1, 0.15) is 33.4 Å². The summed E-state index contributed by atoms with van der Waals surface area (Å²) in [6, 6.07) is 53.3. The number of imidazole rings is 1. The van der Waals surface area contributed by atoms with Gasteiger partial charge in [0.1, 0.15) is 0 Å². The third-order valence-electron chi connectivity index (χ3n) is 11.0. The molecule has 2 aromatic heterocycles. The Morgan fingerprint density at radius 2 is 1.09 bits per heavy atom. The number of rotatable bonds is 5. The molecule has 0 spiro atoms. The van der Waals surface area contributed by atoms with Crippen LogP contribution in [0.5, 0.6) is 0 Å². The third-order valence-corrected chi connectivity index (χ3v) is 11.0. The van der Waals surface area contributed by atoms with E-state index in [-0.39, 0.29) is 21.1 Å². The number of aryl methyl sites for hydroxylation is 6. The molecule has 10 rings (SSSR count). The topological polar surface area (TPSA) is 29.2 Å². The summed E-state index contributed by atoms with van der Waals surface area (Å²) in [5.41, 5.74) is 19.1. The molecule has 0 N–H and O–H groups in total. The van der Waals surface area contributed by atoms with Crippen molar-refractivity contribution in [2.24, 2.45) is 0 Å². The fraction of sp³-hybridized carbons (Fsp3) is 0.120. The van der Waals surface area contributed by atoms with Crippen molar-refractivity contribution in [1.82, 2.24) is 14.1 Å². The van der Waals surface area contributed by atoms with Gasteiger partial charge in [-0.1, -0.05) is 88.9 Å². The zero-order valence-electron chi connectivity index (χ0n) is 32.3. The predicted octanol–water partition coefficient (Wildman–Crippen LogP) is 12.6. The summed E-state index contributed by atoms with van der Waals surface area (Å²) >= 11 is 0. The maximum Gasteiger partial charge on any atom is 0.0774 e. The van der Waals surface area contributed by atoms with Crippen LogP contribution in [0.25, 0.3) is 55.6 Å². The van der Waals surface area contributed by atoms with Crippen LogP contribution in [0.15, 0.2) is 127 Å². The van der Waals surface area contributed by atoms with Gasteiger partial charge in [0.05, 0.1) is 16.9 Å². The molecule has 0 saturated heterocycles. The first kappa shape index (κ1) is 35.8. The number of aromatic nitrogens is 3. The normalized spacial score (nSPS) is 12.5. The fourth-order valence-electron chi connectivity index (χ4n) is 8.98. The second kappa shape index (κ2) is 13.7. The zero-order chi connectivity index (χ0) is 37.5. The number of hydrogen-bond donors (Lipinski definition) is 0. The molecule has 56 heavy (non-hydrogen) atoms. The molecule has 6 heteroatoms. The van der Waals surface area contributed by atoms with Crippen molar-refractivity contribution in [3.63, 3.8) is 0 Å². The van der Waals surface area contributed by atoms with Crippen LogP contribution < -0.4 is 9.80 Å². The van der Waals surface area contributed by atoms with Crippen molar-refractivity contribution in [3.05, 3.63) is 180 Å². The number of para-hydroxylation sites is 5. The van der Waals surface area contributed by atoms with Crippen LogP contribution in [0.3, 0.4) is 0 Å². The van der Waals surface area contributed by atoms with Crippen molar-refractivity contribution in [2.75, 3.05) is 9.80 Å². The monoisotopic (exact) mass is 905 g/mol. The molecule has 1 aliphatic heterocycles. The molecule has 0 bridgehead atoms. The number of anilines is 4. The van der Waals surface area contributed by atoms with Gasteiger partial charge in [0, 0.05) is 49.3 Å². The van der Waals surface area contributed by atoms with E-state index in [0.717, 1.165) is 67.3 Å². The van der Waals surface area contributed by atoms with Crippen LogP contribution >= 0.6 is 0 Å². The number of fused-ring (bicyclic) bond motifs is 5. The second-order valence-electron chi connectivity index (χ2n) is 15.0. The minimum absolute atomic E-state index is 0. The average Bonchev–Trinajstić information content (AvgIpc) is 3.84. The molecule has 5 nitrogen and oxygen atoms in total. The van der Waals surface area contributed by atoms with Crippen molar-refractivity contribution >= 4 is 55.6 Å². The molecule has 0 unspecified atom stereocenters. The molecule has 0 aliphatic carbocycles. The van der Waals surface area contributed by atoms with E-state index in [1.165, 1.54) is 44.5 Å². The van der Waals surface area contributed by atoms with Crippen molar-refractivity contribution in [3.8, 4) is 22.8 Å². The first-order valence-electron chi connectivity index (χ1n) is 18.9. The van der Waals surface area contributed by atoms with Crippen LogP contribution in [-0.4, -0.2) is 14.1 Å². The number of benzene rings is 7. The Hall–Kier alpha value is -5.90. The molecule has 0 atom stereocenters. The summed E-state index contributed by atoms with van der Waals surface area (Å²) in [6.07, 6.45) is 0. The molecular formula is C50H40N5Pt-3. The average molecular weight is 906 g/mol. The number of nitrogens with zero attached hydrogens (tertiary/aromatic N) is 5. The van der Waals surface area contributed by atoms with E-state index >= 15 is 0 Å². The van der Waals surface area contributed by atoms with E-state index in [1.54, 1.807) is 0 Å². The van der Waals surface area contributed by atoms with Gasteiger partial charge < -0.3 is 18.9 Å². The van der Waals surface area contributed by atoms with Crippen molar-refractivity contribution in [2.45, 2.75) is 41.5 Å². The molecule has 278 valence electrons. The summed E-state index contributed by atoms with van der Waals surface area (Å²) in [7, 11) is 0. The molecular weight excluding hydrogens is 866 g/mol. The van der Waals surface area contributed by atoms with Gasteiger partial charge in [-0.05, 0) is 105 Å². The molecule has 3 heterocycles. The minimum atomic E-state index is 0. The van der Waals surface area contributed by atoms with E-state index in [4.69, 9.17) is 4.98 Å². The molecule has 0 radical (unpaired) electrons. The molecule has 0 fully saturated rings.